The highest BCUT2D eigenvalue weighted by molar-refractivity contribution is 6.06. The number of carbonyl (C=O) groups excluding carboxylic acids is 2. The van der Waals surface area contributed by atoms with E-state index >= 15 is 0 Å². The van der Waals surface area contributed by atoms with E-state index in [4.69, 9.17) is 0 Å². The number of amides is 2. The zero-order chi connectivity index (χ0) is 19.9. The van der Waals surface area contributed by atoms with Gasteiger partial charge in [-0.15, -0.1) is 0 Å². The summed E-state index contributed by atoms with van der Waals surface area (Å²) in [6.45, 7) is 0.544. The van der Waals surface area contributed by atoms with Crippen molar-refractivity contribution >= 4 is 17.5 Å². The van der Waals surface area contributed by atoms with Crippen LogP contribution in [-0.2, 0) is 6.42 Å². The van der Waals surface area contributed by atoms with E-state index in [2.05, 4.69) is 10.3 Å². The second-order valence-corrected chi connectivity index (χ2v) is 6.38. The number of pyridine rings is 1. The summed E-state index contributed by atoms with van der Waals surface area (Å²) in [6, 6.07) is 16.0. The number of rotatable bonds is 6. The second kappa shape index (κ2) is 8.90. The van der Waals surface area contributed by atoms with Gasteiger partial charge in [-0.05, 0) is 60.5 Å². The van der Waals surface area contributed by atoms with Gasteiger partial charge < -0.3 is 10.2 Å². The molecular formula is C22H20FN3O2. The summed E-state index contributed by atoms with van der Waals surface area (Å²) >= 11 is 0. The predicted molar refractivity (Wildman–Crippen MR) is 106 cm³/mol. The van der Waals surface area contributed by atoms with Gasteiger partial charge in [0.25, 0.3) is 11.8 Å². The lowest BCUT2D eigenvalue weighted by molar-refractivity contribution is 0.0796. The molecule has 3 rings (SSSR count). The number of hydrogen-bond donors (Lipinski definition) is 1. The number of carbonyl (C=O) groups is 2. The lowest BCUT2D eigenvalue weighted by Gasteiger charge is -2.17. The molecule has 6 heteroatoms. The third-order valence-electron chi connectivity index (χ3n) is 4.29. The molecule has 0 aliphatic carbocycles. The highest BCUT2D eigenvalue weighted by Gasteiger charge is 2.14. The van der Waals surface area contributed by atoms with Gasteiger partial charge in [0.15, 0.2) is 0 Å². The monoisotopic (exact) mass is 377 g/mol. The molecule has 0 aliphatic rings. The first-order chi connectivity index (χ1) is 13.5. The maximum atomic E-state index is 13.3. The van der Waals surface area contributed by atoms with Crippen LogP contribution in [-0.4, -0.2) is 35.3 Å². The molecule has 1 N–H and O–H groups in total. The number of nitrogens with one attached hydrogen (secondary N) is 1. The fourth-order valence-electron chi connectivity index (χ4n) is 2.73. The number of likely N-dealkylation sites (N-methyl/N-ethyl adjacent to an activating group) is 1. The number of anilines is 1. The van der Waals surface area contributed by atoms with Crippen molar-refractivity contribution in [3.63, 3.8) is 0 Å². The maximum Gasteiger partial charge on any atom is 0.255 e. The molecule has 0 radical (unpaired) electrons. The maximum absolute atomic E-state index is 13.3. The van der Waals surface area contributed by atoms with Crippen molar-refractivity contribution in [1.29, 1.82) is 0 Å². The van der Waals surface area contributed by atoms with E-state index in [1.165, 1.54) is 18.2 Å². The average molecular weight is 377 g/mol. The second-order valence-electron chi connectivity index (χ2n) is 6.38. The first kappa shape index (κ1) is 19.2. The van der Waals surface area contributed by atoms with Gasteiger partial charge >= 0.3 is 0 Å². The Balaban J connectivity index is 1.66. The Morgan fingerprint density at radius 2 is 1.71 bits per heavy atom. The van der Waals surface area contributed by atoms with Gasteiger partial charge in [0.05, 0.1) is 0 Å². The molecule has 0 fully saturated rings. The van der Waals surface area contributed by atoms with E-state index in [1.807, 2.05) is 12.1 Å². The molecule has 2 aromatic carbocycles. The molecule has 5 nitrogen and oxygen atoms in total. The standard InChI is InChI=1S/C22H20FN3O2/c1-26(13-10-16-8-11-24-12-9-16)22(28)18-5-2-4-17(14-18)21(27)25-20-7-3-6-19(23)15-20/h2-9,11-12,14-15H,10,13H2,1H3,(H,25,27). The Hall–Kier alpha value is -3.54. The summed E-state index contributed by atoms with van der Waals surface area (Å²) in [5.74, 6) is -1.01. The van der Waals surface area contributed by atoms with Gasteiger partial charge in [-0.3, -0.25) is 14.6 Å². The third kappa shape index (κ3) is 5.01. The van der Waals surface area contributed by atoms with Crippen LogP contribution in [0.15, 0.2) is 73.1 Å². The minimum absolute atomic E-state index is 0.172. The van der Waals surface area contributed by atoms with Crippen LogP contribution in [0.5, 0.6) is 0 Å². The normalized spacial score (nSPS) is 10.4. The lowest BCUT2D eigenvalue weighted by Crippen LogP contribution is -2.29. The topological polar surface area (TPSA) is 62.3 Å². The summed E-state index contributed by atoms with van der Waals surface area (Å²) in [6.07, 6.45) is 4.15. The molecule has 0 saturated heterocycles. The van der Waals surface area contributed by atoms with Gasteiger partial charge in [0, 0.05) is 42.8 Å². The molecule has 0 saturated carbocycles. The van der Waals surface area contributed by atoms with Crippen LogP contribution < -0.4 is 5.32 Å². The van der Waals surface area contributed by atoms with Crippen LogP contribution in [0.2, 0.25) is 0 Å². The molecule has 0 atom stereocenters. The van der Waals surface area contributed by atoms with E-state index in [0.29, 0.717) is 29.8 Å². The highest BCUT2D eigenvalue weighted by atomic mass is 19.1. The Morgan fingerprint density at radius 3 is 2.46 bits per heavy atom. The fraction of sp³-hybridized carbons (Fsp3) is 0.136. The summed E-state index contributed by atoms with van der Waals surface area (Å²) < 4.78 is 13.3. The van der Waals surface area contributed by atoms with E-state index < -0.39 is 11.7 Å². The van der Waals surface area contributed by atoms with Crippen molar-refractivity contribution in [3.8, 4) is 0 Å². The van der Waals surface area contributed by atoms with Crippen molar-refractivity contribution < 1.29 is 14.0 Å². The molecule has 0 unspecified atom stereocenters. The highest BCUT2D eigenvalue weighted by Crippen LogP contribution is 2.13. The molecule has 28 heavy (non-hydrogen) atoms. The zero-order valence-corrected chi connectivity index (χ0v) is 15.4. The van der Waals surface area contributed by atoms with Crippen LogP contribution >= 0.6 is 0 Å². The number of nitrogens with zero attached hydrogens (tertiary/aromatic N) is 2. The van der Waals surface area contributed by atoms with Gasteiger partial charge in [-0.25, -0.2) is 4.39 Å². The SMILES string of the molecule is CN(CCc1ccncc1)C(=O)c1cccc(C(=O)Nc2cccc(F)c2)c1. The zero-order valence-electron chi connectivity index (χ0n) is 15.4. The van der Waals surface area contributed by atoms with E-state index in [9.17, 15) is 14.0 Å². The summed E-state index contributed by atoms with van der Waals surface area (Å²) in [4.78, 5) is 30.7. The van der Waals surface area contributed by atoms with Crippen molar-refractivity contribution in [2.24, 2.45) is 0 Å². The number of halogens is 1. The van der Waals surface area contributed by atoms with Gasteiger partial charge in [0.2, 0.25) is 0 Å². The number of benzene rings is 2. The van der Waals surface area contributed by atoms with E-state index in [0.717, 1.165) is 5.56 Å². The largest absolute Gasteiger partial charge is 0.341 e. The minimum Gasteiger partial charge on any atom is -0.341 e. The molecule has 0 aliphatic heterocycles. The molecule has 3 aromatic rings. The minimum atomic E-state index is -0.433. The molecular weight excluding hydrogens is 357 g/mol. The van der Waals surface area contributed by atoms with E-state index in [1.54, 1.807) is 54.7 Å². The van der Waals surface area contributed by atoms with Gasteiger partial charge in [-0.2, -0.15) is 0 Å². The number of hydrogen-bond acceptors (Lipinski definition) is 3. The third-order valence-corrected chi connectivity index (χ3v) is 4.29. The molecule has 2 amide bonds. The predicted octanol–water partition coefficient (Wildman–Crippen LogP) is 3.79. The van der Waals surface area contributed by atoms with Crippen molar-refractivity contribution in [2.75, 3.05) is 18.9 Å². The summed E-state index contributed by atoms with van der Waals surface area (Å²) in [5, 5.41) is 2.63. The Labute approximate surface area is 162 Å². The van der Waals surface area contributed by atoms with Crippen LogP contribution in [0.1, 0.15) is 26.3 Å². The molecule has 1 heterocycles. The van der Waals surface area contributed by atoms with Crippen LogP contribution in [0.25, 0.3) is 0 Å². The first-order valence-electron chi connectivity index (χ1n) is 8.84. The van der Waals surface area contributed by atoms with Crippen LogP contribution in [0.3, 0.4) is 0 Å². The first-order valence-corrected chi connectivity index (χ1v) is 8.84. The molecule has 142 valence electrons. The fourth-order valence-corrected chi connectivity index (χ4v) is 2.73. The Morgan fingerprint density at radius 1 is 1.00 bits per heavy atom. The van der Waals surface area contributed by atoms with Crippen molar-refractivity contribution in [3.05, 3.63) is 95.6 Å². The molecule has 0 bridgehead atoms. The smallest absolute Gasteiger partial charge is 0.255 e. The Bertz CT molecular complexity index is 976. The van der Waals surface area contributed by atoms with Crippen molar-refractivity contribution in [2.45, 2.75) is 6.42 Å². The summed E-state index contributed by atoms with van der Waals surface area (Å²) in [7, 11) is 1.73. The molecule has 1 aromatic heterocycles. The molecule has 0 spiro atoms. The average Bonchev–Trinajstić information content (AvgIpc) is 2.72. The Kier molecular flexibility index (Phi) is 6.11. The van der Waals surface area contributed by atoms with Gasteiger partial charge in [-0.1, -0.05) is 12.1 Å². The van der Waals surface area contributed by atoms with E-state index in [-0.39, 0.29) is 5.91 Å². The quantitative estimate of drug-likeness (QED) is 0.711. The summed E-state index contributed by atoms with van der Waals surface area (Å²) in [5.41, 5.74) is 2.20. The number of aromatic nitrogens is 1. The lowest BCUT2D eigenvalue weighted by atomic mass is 10.1. The van der Waals surface area contributed by atoms with Crippen LogP contribution in [0, 0.1) is 5.82 Å². The van der Waals surface area contributed by atoms with Crippen LogP contribution in [0.4, 0.5) is 10.1 Å². The van der Waals surface area contributed by atoms with Crippen molar-refractivity contribution in [1.82, 2.24) is 9.88 Å². The van der Waals surface area contributed by atoms with Gasteiger partial charge in [0.1, 0.15) is 5.82 Å².